The number of likely N-dealkylation sites (tertiary alicyclic amines) is 1. The van der Waals surface area contributed by atoms with Gasteiger partial charge in [-0.25, -0.2) is 0 Å². The van der Waals surface area contributed by atoms with E-state index in [2.05, 4.69) is 29.0 Å². The summed E-state index contributed by atoms with van der Waals surface area (Å²) in [5.41, 5.74) is 1.91. The minimum Gasteiger partial charge on any atom is -0.468 e. The van der Waals surface area contributed by atoms with E-state index < -0.39 is 0 Å². The Kier molecular flexibility index (Phi) is 6.82. The van der Waals surface area contributed by atoms with Crippen LogP contribution in [0.15, 0.2) is 24.3 Å². The quantitative estimate of drug-likeness (QED) is 0.726. The van der Waals surface area contributed by atoms with Crippen LogP contribution < -0.4 is 10.2 Å². The molecule has 0 spiro atoms. The lowest BCUT2D eigenvalue weighted by atomic mass is 9.85. The van der Waals surface area contributed by atoms with Gasteiger partial charge in [0.05, 0.1) is 25.9 Å². The Labute approximate surface area is 185 Å². The van der Waals surface area contributed by atoms with E-state index in [1.165, 1.54) is 13.5 Å². The molecule has 5 unspecified atom stereocenters. The maximum atomic E-state index is 12.8. The first-order chi connectivity index (χ1) is 14.9. The van der Waals surface area contributed by atoms with Gasteiger partial charge in [-0.2, -0.15) is 0 Å². The predicted molar refractivity (Wildman–Crippen MR) is 120 cm³/mol. The van der Waals surface area contributed by atoms with Crippen LogP contribution in [-0.4, -0.2) is 67.8 Å². The van der Waals surface area contributed by atoms with Crippen molar-refractivity contribution in [3.8, 4) is 0 Å². The molecule has 7 heteroatoms. The minimum absolute atomic E-state index is 0.0820. The SMILES string of the molecule is COC(=O)C1CC2CCCCC2N1CC(=O)Nc1ccc(N2CC(C)OC(C)C2)cc1. The van der Waals surface area contributed by atoms with Gasteiger partial charge in [-0.1, -0.05) is 12.8 Å². The number of carbonyl (C=O) groups is 2. The molecule has 2 aliphatic heterocycles. The van der Waals surface area contributed by atoms with Crippen LogP contribution in [-0.2, 0) is 19.1 Å². The van der Waals surface area contributed by atoms with Crippen LogP contribution in [0.1, 0.15) is 46.0 Å². The zero-order valence-corrected chi connectivity index (χ0v) is 18.9. The Balaban J connectivity index is 1.38. The molecule has 3 aliphatic rings. The highest BCUT2D eigenvalue weighted by Crippen LogP contribution is 2.39. The molecule has 3 fully saturated rings. The number of nitrogens with one attached hydrogen (secondary N) is 1. The third-order valence-corrected chi connectivity index (χ3v) is 6.96. The molecule has 4 rings (SSSR count). The van der Waals surface area contributed by atoms with E-state index in [-0.39, 0.29) is 36.7 Å². The first-order valence-electron chi connectivity index (χ1n) is 11.6. The number of rotatable bonds is 5. The van der Waals surface area contributed by atoms with Crippen molar-refractivity contribution in [1.82, 2.24) is 4.90 Å². The van der Waals surface area contributed by atoms with Gasteiger partial charge in [0, 0.05) is 30.5 Å². The van der Waals surface area contributed by atoms with Crippen LogP contribution in [0.3, 0.4) is 0 Å². The van der Waals surface area contributed by atoms with Gasteiger partial charge in [0.1, 0.15) is 6.04 Å². The number of esters is 1. The van der Waals surface area contributed by atoms with Crippen molar-refractivity contribution in [1.29, 1.82) is 0 Å². The Morgan fingerprint density at radius 2 is 1.77 bits per heavy atom. The van der Waals surface area contributed by atoms with E-state index in [1.807, 2.05) is 24.3 Å². The van der Waals surface area contributed by atoms with Crippen molar-refractivity contribution in [2.24, 2.45) is 5.92 Å². The molecule has 170 valence electrons. The van der Waals surface area contributed by atoms with Gasteiger partial charge in [0.25, 0.3) is 0 Å². The Morgan fingerprint density at radius 1 is 1.10 bits per heavy atom. The molecule has 0 radical (unpaired) electrons. The van der Waals surface area contributed by atoms with Crippen molar-refractivity contribution in [2.75, 3.05) is 37.0 Å². The average Bonchev–Trinajstić information content (AvgIpc) is 3.11. The molecule has 1 saturated carbocycles. The topological polar surface area (TPSA) is 71.1 Å². The summed E-state index contributed by atoms with van der Waals surface area (Å²) in [5.74, 6) is 0.185. The van der Waals surface area contributed by atoms with Gasteiger partial charge < -0.3 is 19.7 Å². The van der Waals surface area contributed by atoms with Crippen LogP contribution in [0.25, 0.3) is 0 Å². The lowest BCUT2D eigenvalue weighted by molar-refractivity contribution is -0.146. The smallest absolute Gasteiger partial charge is 0.323 e. The number of benzene rings is 1. The van der Waals surface area contributed by atoms with Crippen molar-refractivity contribution in [3.63, 3.8) is 0 Å². The number of ether oxygens (including phenoxy) is 2. The summed E-state index contributed by atoms with van der Waals surface area (Å²) in [6.45, 7) is 6.13. The second-order valence-corrected chi connectivity index (χ2v) is 9.32. The van der Waals surface area contributed by atoms with Crippen LogP contribution in [0.5, 0.6) is 0 Å². The zero-order valence-electron chi connectivity index (χ0n) is 18.9. The highest BCUT2D eigenvalue weighted by atomic mass is 16.5. The fourth-order valence-corrected chi connectivity index (χ4v) is 5.66. The molecule has 2 saturated heterocycles. The average molecular weight is 430 g/mol. The largest absolute Gasteiger partial charge is 0.468 e. The molecule has 1 aliphatic carbocycles. The van der Waals surface area contributed by atoms with Crippen molar-refractivity contribution < 1.29 is 19.1 Å². The summed E-state index contributed by atoms with van der Waals surface area (Å²) in [6.07, 6.45) is 5.77. The predicted octanol–water partition coefficient (Wildman–Crippen LogP) is 3.04. The van der Waals surface area contributed by atoms with Crippen molar-refractivity contribution in [3.05, 3.63) is 24.3 Å². The molecule has 5 atom stereocenters. The summed E-state index contributed by atoms with van der Waals surface area (Å²) in [5, 5.41) is 3.01. The molecule has 2 heterocycles. The van der Waals surface area contributed by atoms with Gasteiger partial charge >= 0.3 is 5.97 Å². The fraction of sp³-hybridized carbons (Fsp3) is 0.667. The third-order valence-electron chi connectivity index (χ3n) is 6.96. The van der Waals surface area contributed by atoms with E-state index in [0.29, 0.717) is 12.0 Å². The molecule has 31 heavy (non-hydrogen) atoms. The number of amides is 1. The first-order valence-corrected chi connectivity index (χ1v) is 11.6. The number of methoxy groups -OCH3 is 1. The lowest BCUT2D eigenvalue weighted by Gasteiger charge is -2.36. The maximum Gasteiger partial charge on any atom is 0.323 e. The highest BCUT2D eigenvalue weighted by Gasteiger charge is 2.46. The molecule has 1 aromatic carbocycles. The number of morpholine rings is 1. The number of nitrogens with zero attached hydrogens (tertiary/aromatic N) is 2. The lowest BCUT2D eigenvalue weighted by Crippen LogP contribution is -2.46. The van der Waals surface area contributed by atoms with Crippen LogP contribution in [0.4, 0.5) is 11.4 Å². The molecule has 1 N–H and O–H groups in total. The van der Waals surface area contributed by atoms with E-state index >= 15 is 0 Å². The highest BCUT2D eigenvalue weighted by molar-refractivity contribution is 5.93. The Morgan fingerprint density at radius 3 is 2.45 bits per heavy atom. The van der Waals surface area contributed by atoms with Crippen molar-refractivity contribution >= 4 is 23.3 Å². The summed E-state index contributed by atoms with van der Waals surface area (Å²) < 4.78 is 10.8. The minimum atomic E-state index is -0.309. The number of fused-ring (bicyclic) bond motifs is 1. The van der Waals surface area contributed by atoms with Crippen molar-refractivity contribution in [2.45, 2.75) is 70.2 Å². The summed E-state index contributed by atoms with van der Waals surface area (Å²) in [4.78, 5) is 29.6. The second kappa shape index (κ2) is 9.57. The molecule has 1 aromatic rings. The number of hydrogen-bond donors (Lipinski definition) is 1. The Bertz CT molecular complexity index is 774. The van der Waals surface area contributed by atoms with E-state index in [0.717, 1.165) is 50.1 Å². The van der Waals surface area contributed by atoms with E-state index in [1.54, 1.807) is 0 Å². The summed E-state index contributed by atoms with van der Waals surface area (Å²) in [6, 6.07) is 7.98. The molecule has 7 nitrogen and oxygen atoms in total. The second-order valence-electron chi connectivity index (χ2n) is 9.32. The molecular formula is C24H35N3O4. The molecular weight excluding hydrogens is 394 g/mol. The van der Waals surface area contributed by atoms with E-state index in [4.69, 9.17) is 9.47 Å². The number of anilines is 2. The van der Waals surface area contributed by atoms with Crippen LogP contribution in [0, 0.1) is 5.92 Å². The third kappa shape index (κ3) is 5.04. The monoisotopic (exact) mass is 429 g/mol. The zero-order chi connectivity index (χ0) is 22.0. The maximum absolute atomic E-state index is 12.8. The van der Waals surface area contributed by atoms with Gasteiger partial charge in [-0.15, -0.1) is 0 Å². The van der Waals surface area contributed by atoms with Gasteiger partial charge in [-0.05, 0) is 63.3 Å². The van der Waals surface area contributed by atoms with Crippen LogP contribution >= 0.6 is 0 Å². The molecule has 1 amide bonds. The Hall–Kier alpha value is -2.12. The molecule has 0 aromatic heterocycles. The molecule has 0 bridgehead atoms. The number of hydrogen-bond acceptors (Lipinski definition) is 6. The van der Waals surface area contributed by atoms with Gasteiger partial charge in [0.15, 0.2) is 0 Å². The number of carbonyl (C=O) groups excluding carboxylic acids is 2. The summed E-state index contributed by atoms with van der Waals surface area (Å²) in [7, 11) is 1.43. The van der Waals surface area contributed by atoms with Gasteiger partial charge in [-0.3, -0.25) is 14.5 Å². The van der Waals surface area contributed by atoms with Crippen LogP contribution in [0.2, 0.25) is 0 Å². The normalized spacial score (nSPS) is 31.2. The fourth-order valence-electron chi connectivity index (χ4n) is 5.66. The van der Waals surface area contributed by atoms with E-state index in [9.17, 15) is 9.59 Å². The first kappa shape index (κ1) is 22.1. The van der Waals surface area contributed by atoms with Gasteiger partial charge in [0.2, 0.25) is 5.91 Å². The standard InChI is InChI=1S/C24H35N3O4/c1-16-13-26(14-17(2)31-16)20-10-8-19(9-11-20)25-23(28)15-27-21-7-5-4-6-18(21)12-22(27)24(29)30-3/h8-11,16-18,21-22H,4-7,12-15H2,1-3H3,(H,25,28). The summed E-state index contributed by atoms with van der Waals surface area (Å²) >= 11 is 0.